The minimum atomic E-state index is -0.165. The lowest BCUT2D eigenvalue weighted by Crippen LogP contribution is -2.48. The van der Waals surface area contributed by atoms with E-state index < -0.39 is 0 Å². The van der Waals surface area contributed by atoms with Crippen LogP contribution in [-0.2, 0) is 9.53 Å². The minimum absolute atomic E-state index is 0.0312. The molecule has 1 aromatic carbocycles. The maximum atomic E-state index is 11.9. The number of hydrogen-bond donors (Lipinski definition) is 1. The van der Waals surface area contributed by atoms with Crippen LogP contribution in [0.25, 0.3) is 0 Å². The summed E-state index contributed by atoms with van der Waals surface area (Å²) in [5.74, 6) is 1.05. The van der Waals surface area contributed by atoms with Crippen LogP contribution in [0, 0.1) is 5.92 Å². The molecule has 1 unspecified atom stereocenters. The molecule has 24 heavy (non-hydrogen) atoms. The molecule has 1 heterocycles. The predicted octanol–water partition coefficient (Wildman–Crippen LogP) is 2.95. The number of ether oxygens (including phenoxy) is 2. The number of nitrogens with one attached hydrogen (secondary N) is 1. The van der Waals surface area contributed by atoms with Crippen molar-refractivity contribution in [1.29, 1.82) is 0 Å². The van der Waals surface area contributed by atoms with Crippen LogP contribution in [0.1, 0.15) is 13.8 Å². The first-order valence-corrected chi connectivity index (χ1v) is 9.29. The Morgan fingerprint density at radius 1 is 1.54 bits per heavy atom. The van der Waals surface area contributed by atoms with Gasteiger partial charge in [-0.2, -0.15) is 0 Å². The van der Waals surface area contributed by atoms with Crippen LogP contribution in [-0.4, -0.2) is 56.3 Å². The zero-order valence-corrected chi connectivity index (χ0v) is 16.4. The second-order valence-electron chi connectivity index (χ2n) is 6.31. The van der Waals surface area contributed by atoms with Crippen LogP contribution in [0.4, 0.5) is 0 Å². The van der Waals surface area contributed by atoms with Crippen LogP contribution >= 0.6 is 27.5 Å². The number of amides is 1. The molecule has 0 aliphatic carbocycles. The Morgan fingerprint density at radius 3 is 3.04 bits per heavy atom. The molecule has 7 heteroatoms. The maximum absolute atomic E-state index is 11.9. The summed E-state index contributed by atoms with van der Waals surface area (Å²) in [6.07, 6.45) is 0.0312. The first-order valence-electron chi connectivity index (χ1n) is 8.12. The third-order valence-electron chi connectivity index (χ3n) is 3.63. The summed E-state index contributed by atoms with van der Waals surface area (Å²) in [6, 6.07) is 5.18. The van der Waals surface area contributed by atoms with Crippen molar-refractivity contribution in [3.05, 3.63) is 27.7 Å². The van der Waals surface area contributed by atoms with Gasteiger partial charge in [-0.15, -0.1) is 0 Å². The van der Waals surface area contributed by atoms with Gasteiger partial charge in [-0.05, 0) is 40.0 Å². The number of hydrogen-bond acceptors (Lipinski definition) is 4. The van der Waals surface area contributed by atoms with Gasteiger partial charge in [0.2, 0.25) is 0 Å². The van der Waals surface area contributed by atoms with E-state index in [0.717, 1.165) is 24.1 Å². The van der Waals surface area contributed by atoms with E-state index in [0.29, 0.717) is 29.8 Å². The van der Waals surface area contributed by atoms with Gasteiger partial charge in [-0.25, -0.2) is 0 Å². The van der Waals surface area contributed by atoms with Gasteiger partial charge in [-0.1, -0.05) is 25.4 Å². The van der Waals surface area contributed by atoms with Gasteiger partial charge >= 0.3 is 0 Å². The molecule has 0 radical (unpaired) electrons. The first-order chi connectivity index (χ1) is 11.4. The minimum Gasteiger partial charge on any atom is -0.483 e. The van der Waals surface area contributed by atoms with E-state index >= 15 is 0 Å². The molecule has 5 nitrogen and oxygen atoms in total. The summed E-state index contributed by atoms with van der Waals surface area (Å²) < 4.78 is 11.9. The second kappa shape index (κ2) is 9.61. The first kappa shape index (κ1) is 19.5. The number of carbonyl (C=O) groups excluding carboxylic acids is 1. The van der Waals surface area contributed by atoms with Gasteiger partial charge in [-0.3, -0.25) is 9.69 Å². The fourth-order valence-corrected chi connectivity index (χ4v) is 3.40. The zero-order valence-electron chi connectivity index (χ0n) is 14.1. The van der Waals surface area contributed by atoms with Crippen LogP contribution in [0.2, 0.25) is 5.02 Å². The number of rotatable bonds is 7. The van der Waals surface area contributed by atoms with E-state index in [2.05, 4.69) is 40.0 Å². The SMILES string of the molecule is CC(C)CN1CCOC(CNC(=O)COc2ccc(Cl)cc2Br)C1. The monoisotopic (exact) mass is 418 g/mol. The van der Waals surface area contributed by atoms with Gasteiger partial charge in [0.15, 0.2) is 6.61 Å². The predicted molar refractivity (Wildman–Crippen MR) is 98.7 cm³/mol. The standard InChI is InChI=1S/C17H24BrClN2O3/c1-12(2)9-21-5-6-23-14(10-21)8-20-17(22)11-24-16-4-3-13(19)7-15(16)18/h3-4,7,12,14H,5-6,8-11H2,1-2H3,(H,20,22). The summed E-state index contributed by atoms with van der Waals surface area (Å²) >= 11 is 9.23. The van der Waals surface area contributed by atoms with Crippen LogP contribution in [0.15, 0.2) is 22.7 Å². The lowest BCUT2D eigenvalue weighted by Gasteiger charge is -2.33. The molecule has 1 atom stereocenters. The Labute approximate surface area is 156 Å². The van der Waals surface area contributed by atoms with Crippen molar-refractivity contribution >= 4 is 33.4 Å². The molecular weight excluding hydrogens is 396 g/mol. The van der Waals surface area contributed by atoms with Crippen LogP contribution in [0.5, 0.6) is 5.75 Å². The Balaban J connectivity index is 1.71. The topological polar surface area (TPSA) is 50.8 Å². The van der Waals surface area contributed by atoms with Crippen molar-refractivity contribution in [2.75, 3.05) is 39.4 Å². The van der Waals surface area contributed by atoms with Gasteiger partial charge in [0.1, 0.15) is 5.75 Å². The molecule has 2 rings (SSSR count). The fraction of sp³-hybridized carbons (Fsp3) is 0.588. The van der Waals surface area contributed by atoms with Crippen molar-refractivity contribution in [3.63, 3.8) is 0 Å². The van der Waals surface area contributed by atoms with E-state index in [1.807, 2.05) is 0 Å². The number of carbonyl (C=O) groups is 1. The van der Waals surface area contributed by atoms with Crippen molar-refractivity contribution in [2.24, 2.45) is 5.92 Å². The van der Waals surface area contributed by atoms with E-state index in [1.165, 1.54) is 0 Å². The van der Waals surface area contributed by atoms with Gasteiger partial charge in [0.05, 0.1) is 17.2 Å². The van der Waals surface area contributed by atoms with Gasteiger partial charge in [0.25, 0.3) is 5.91 Å². The average molecular weight is 420 g/mol. The smallest absolute Gasteiger partial charge is 0.258 e. The van der Waals surface area contributed by atoms with Gasteiger partial charge < -0.3 is 14.8 Å². The molecule has 1 aliphatic heterocycles. The number of nitrogens with zero attached hydrogens (tertiary/aromatic N) is 1. The zero-order chi connectivity index (χ0) is 17.5. The molecule has 1 N–H and O–H groups in total. The Hall–Kier alpha value is -0.820. The average Bonchev–Trinajstić information content (AvgIpc) is 2.52. The van der Waals surface area contributed by atoms with Crippen molar-refractivity contribution in [2.45, 2.75) is 20.0 Å². The van der Waals surface area contributed by atoms with Crippen molar-refractivity contribution in [1.82, 2.24) is 10.2 Å². The van der Waals surface area contributed by atoms with E-state index in [4.69, 9.17) is 21.1 Å². The highest BCUT2D eigenvalue weighted by molar-refractivity contribution is 9.10. The summed E-state index contributed by atoms with van der Waals surface area (Å²) in [4.78, 5) is 14.3. The summed E-state index contributed by atoms with van der Waals surface area (Å²) in [7, 11) is 0. The lowest BCUT2D eigenvalue weighted by atomic mass is 10.2. The van der Waals surface area contributed by atoms with Gasteiger partial charge in [0, 0.05) is 31.2 Å². The number of benzene rings is 1. The second-order valence-corrected chi connectivity index (χ2v) is 7.60. The summed E-state index contributed by atoms with van der Waals surface area (Å²) in [5.41, 5.74) is 0. The molecule has 0 bridgehead atoms. The highest BCUT2D eigenvalue weighted by Crippen LogP contribution is 2.27. The highest BCUT2D eigenvalue weighted by atomic mass is 79.9. The van der Waals surface area contributed by atoms with Crippen LogP contribution < -0.4 is 10.1 Å². The molecule has 1 aliphatic rings. The molecule has 1 fully saturated rings. The molecule has 0 aromatic heterocycles. The molecule has 1 aromatic rings. The quantitative estimate of drug-likeness (QED) is 0.738. The Morgan fingerprint density at radius 2 is 2.33 bits per heavy atom. The van der Waals surface area contributed by atoms with Crippen molar-refractivity contribution in [3.8, 4) is 5.75 Å². The largest absolute Gasteiger partial charge is 0.483 e. The molecule has 0 spiro atoms. The molecular formula is C17H24BrClN2O3. The van der Waals surface area contributed by atoms with E-state index in [-0.39, 0.29) is 18.6 Å². The third kappa shape index (κ3) is 6.59. The fourth-order valence-electron chi connectivity index (χ4n) is 2.60. The molecule has 1 amide bonds. The Kier molecular flexibility index (Phi) is 7.81. The Bertz CT molecular complexity index is 557. The lowest BCUT2D eigenvalue weighted by molar-refractivity contribution is -0.124. The van der Waals surface area contributed by atoms with Crippen LogP contribution in [0.3, 0.4) is 0 Å². The maximum Gasteiger partial charge on any atom is 0.258 e. The van der Waals surface area contributed by atoms with E-state index in [9.17, 15) is 4.79 Å². The highest BCUT2D eigenvalue weighted by Gasteiger charge is 2.21. The number of morpholine rings is 1. The number of halogens is 2. The third-order valence-corrected chi connectivity index (χ3v) is 4.48. The van der Waals surface area contributed by atoms with E-state index in [1.54, 1.807) is 18.2 Å². The van der Waals surface area contributed by atoms with Crippen molar-refractivity contribution < 1.29 is 14.3 Å². The molecule has 1 saturated heterocycles. The summed E-state index contributed by atoms with van der Waals surface area (Å²) in [6.45, 7) is 8.44. The summed E-state index contributed by atoms with van der Waals surface area (Å²) in [5, 5.41) is 3.48. The molecule has 0 saturated carbocycles. The molecule has 134 valence electrons. The normalized spacial score (nSPS) is 18.6.